The van der Waals surface area contributed by atoms with Gasteiger partial charge in [-0.05, 0) is 76.5 Å². The molecule has 0 aromatic heterocycles. The van der Waals surface area contributed by atoms with Gasteiger partial charge in [0.15, 0.2) is 6.61 Å². The number of carbonyl (C=O) groups is 2. The molecule has 0 radical (unpaired) electrons. The summed E-state index contributed by atoms with van der Waals surface area (Å²) in [6, 6.07) is 21.6. The number of benzene rings is 3. The lowest BCUT2D eigenvalue weighted by Gasteiger charge is -2.31. The second-order valence-corrected chi connectivity index (χ2v) is 10.4. The molecule has 1 atom stereocenters. The molecule has 0 fully saturated rings. The van der Waals surface area contributed by atoms with Crippen LogP contribution in [0.4, 0.5) is 0 Å². The van der Waals surface area contributed by atoms with Crippen molar-refractivity contribution in [3.63, 3.8) is 0 Å². The molecule has 8 heteroatoms. The number of hydrogen-bond donors (Lipinski definition) is 1. The Morgan fingerprint density at radius 3 is 2.36 bits per heavy atom. The smallest absolute Gasteiger partial charge is 0.261 e. The minimum atomic E-state index is -0.730. The second kappa shape index (κ2) is 14.4. The third kappa shape index (κ3) is 8.68. The zero-order valence-electron chi connectivity index (χ0n) is 20.1. The van der Waals surface area contributed by atoms with Crippen LogP contribution in [0.3, 0.4) is 0 Å². The first-order valence-electron chi connectivity index (χ1n) is 11.8. The summed E-state index contributed by atoms with van der Waals surface area (Å²) in [4.78, 5) is 28.5. The van der Waals surface area contributed by atoms with E-state index in [9.17, 15) is 9.59 Å². The molecule has 0 bridgehead atoms. The summed E-state index contributed by atoms with van der Waals surface area (Å²) >= 11 is 14.6. The SMILES string of the molecule is CCCCNC(=O)C(Cc1ccccc1)N(Cc1ccc(Cl)c(Cl)c1)C(=O)COc1ccc(I)cc1. The van der Waals surface area contributed by atoms with Gasteiger partial charge < -0.3 is 15.0 Å². The standard InChI is InChI=1S/C28H29Cl2IN2O3/c1-2-3-15-32-28(35)26(17-20-7-5-4-6-8-20)33(18-21-9-14-24(29)25(30)16-21)27(34)19-36-23-12-10-22(31)11-13-23/h4-14,16,26H,2-3,15,17-19H2,1H3,(H,32,35). The molecule has 0 aliphatic heterocycles. The number of halogens is 3. The number of hydrogen-bond acceptors (Lipinski definition) is 3. The molecule has 190 valence electrons. The van der Waals surface area contributed by atoms with Gasteiger partial charge in [0.2, 0.25) is 5.91 Å². The van der Waals surface area contributed by atoms with Crippen molar-refractivity contribution in [1.82, 2.24) is 10.2 Å². The third-order valence-electron chi connectivity index (χ3n) is 5.61. The Hall–Kier alpha value is -2.29. The van der Waals surface area contributed by atoms with Gasteiger partial charge in [-0.15, -0.1) is 0 Å². The molecule has 36 heavy (non-hydrogen) atoms. The van der Waals surface area contributed by atoms with Gasteiger partial charge in [-0.1, -0.05) is 72.9 Å². The molecule has 1 N–H and O–H groups in total. The van der Waals surface area contributed by atoms with E-state index in [1.807, 2.05) is 60.7 Å². The van der Waals surface area contributed by atoms with Gasteiger partial charge in [0.25, 0.3) is 5.91 Å². The van der Waals surface area contributed by atoms with E-state index in [0.29, 0.717) is 28.8 Å². The van der Waals surface area contributed by atoms with Gasteiger partial charge in [-0.2, -0.15) is 0 Å². The van der Waals surface area contributed by atoms with E-state index in [2.05, 4.69) is 34.8 Å². The highest BCUT2D eigenvalue weighted by Gasteiger charge is 2.30. The Morgan fingerprint density at radius 2 is 1.69 bits per heavy atom. The average Bonchev–Trinajstić information content (AvgIpc) is 2.88. The van der Waals surface area contributed by atoms with Crippen LogP contribution in [0.15, 0.2) is 72.8 Å². The number of nitrogens with zero attached hydrogens (tertiary/aromatic N) is 1. The van der Waals surface area contributed by atoms with Crippen molar-refractivity contribution in [1.29, 1.82) is 0 Å². The number of amides is 2. The summed E-state index contributed by atoms with van der Waals surface area (Å²) < 4.78 is 6.86. The van der Waals surface area contributed by atoms with Crippen LogP contribution < -0.4 is 10.1 Å². The lowest BCUT2D eigenvalue weighted by Crippen LogP contribution is -2.51. The summed E-state index contributed by atoms with van der Waals surface area (Å²) in [6.45, 7) is 2.60. The monoisotopic (exact) mass is 638 g/mol. The predicted octanol–water partition coefficient (Wildman–Crippen LogP) is 6.53. The Balaban J connectivity index is 1.89. The van der Waals surface area contributed by atoms with Crippen molar-refractivity contribution in [2.45, 2.75) is 38.8 Å². The number of rotatable bonds is 12. The molecule has 0 aliphatic rings. The quantitative estimate of drug-likeness (QED) is 0.181. The van der Waals surface area contributed by atoms with Crippen LogP contribution in [0.25, 0.3) is 0 Å². The second-order valence-electron chi connectivity index (χ2n) is 8.36. The Morgan fingerprint density at radius 1 is 0.972 bits per heavy atom. The van der Waals surface area contributed by atoms with Crippen LogP contribution in [-0.4, -0.2) is 35.9 Å². The topological polar surface area (TPSA) is 58.6 Å². The van der Waals surface area contributed by atoms with Crippen molar-refractivity contribution >= 4 is 57.6 Å². The summed E-state index contributed by atoms with van der Waals surface area (Å²) in [5.74, 6) is 0.0893. The molecular formula is C28H29Cl2IN2O3. The van der Waals surface area contributed by atoms with Crippen molar-refractivity contribution in [2.75, 3.05) is 13.2 Å². The van der Waals surface area contributed by atoms with Crippen molar-refractivity contribution < 1.29 is 14.3 Å². The Labute approximate surface area is 236 Å². The Bertz CT molecular complexity index is 1140. The number of nitrogens with one attached hydrogen (secondary N) is 1. The minimum Gasteiger partial charge on any atom is -0.484 e. The van der Waals surface area contributed by atoms with Crippen molar-refractivity contribution in [3.8, 4) is 5.75 Å². The van der Waals surface area contributed by atoms with E-state index < -0.39 is 6.04 Å². The molecule has 5 nitrogen and oxygen atoms in total. The van der Waals surface area contributed by atoms with E-state index in [1.54, 1.807) is 17.0 Å². The van der Waals surface area contributed by atoms with Crippen LogP contribution in [-0.2, 0) is 22.6 Å². The summed E-state index contributed by atoms with van der Waals surface area (Å²) in [5, 5.41) is 3.83. The van der Waals surface area contributed by atoms with E-state index in [0.717, 1.165) is 27.5 Å². The third-order valence-corrected chi connectivity index (χ3v) is 7.07. The van der Waals surface area contributed by atoms with Gasteiger partial charge in [-0.3, -0.25) is 9.59 Å². The van der Waals surface area contributed by atoms with E-state index >= 15 is 0 Å². The first-order chi connectivity index (χ1) is 17.4. The largest absolute Gasteiger partial charge is 0.484 e. The molecule has 3 aromatic carbocycles. The zero-order valence-corrected chi connectivity index (χ0v) is 23.7. The molecular weight excluding hydrogens is 610 g/mol. The minimum absolute atomic E-state index is 0.185. The van der Waals surface area contributed by atoms with Gasteiger partial charge in [0.05, 0.1) is 10.0 Å². The fraction of sp³-hybridized carbons (Fsp3) is 0.286. The predicted molar refractivity (Wildman–Crippen MR) is 154 cm³/mol. The number of unbranched alkanes of at least 4 members (excludes halogenated alkanes) is 1. The van der Waals surface area contributed by atoms with Crippen LogP contribution in [0.5, 0.6) is 5.75 Å². The summed E-state index contributed by atoms with van der Waals surface area (Å²) in [6.07, 6.45) is 2.19. The number of ether oxygens (including phenoxy) is 1. The highest BCUT2D eigenvalue weighted by molar-refractivity contribution is 14.1. The van der Waals surface area contributed by atoms with E-state index in [1.165, 1.54) is 0 Å². The summed E-state index contributed by atoms with van der Waals surface area (Å²) in [5.41, 5.74) is 1.73. The maximum atomic E-state index is 13.6. The van der Waals surface area contributed by atoms with Crippen molar-refractivity contribution in [2.24, 2.45) is 0 Å². The molecule has 0 spiro atoms. The molecule has 0 saturated carbocycles. The van der Waals surface area contributed by atoms with Crippen LogP contribution in [0, 0.1) is 3.57 Å². The maximum absolute atomic E-state index is 13.6. The number of carbonyl (C=O) groups excluding carboxylic acids is 2. The van der Waals surface area contributed by atoms with Gasteiger partial charge >= 0.3 is 0 Å². The first kappa shape index (κ1) is 28.3. The molecule has 3 rings (SSSR count). The molecule has 0 heterocycles. The van der Waals surface area contributed by atoms with Crippen LogP contribution in [0.2, 0.25) is 10.0 Å². The molecule has 0 saturated heterocycles. The fourth-order valence-corrected chi connectivity index (χ4v) is 4.33. The average molecular weight is 639 g/mol. The summed E-state index contributed by atoms with van der Waals surface area (Å²) in [7, 11) is 0. The fourth-order valence-electron chi connectivity index (χ4n) is 3.65. The van der Waals surface area contributed by atoms with Gasteiger partial charge in [0, 0.05) is 23.1 Å². The molecule has 1 unspecified atom stereocenters. The lowest BCUT2D eigenvalue weighted by molar-refractivity contribution is -0.142. The zero-order chi connectivity index (χ0) is 25.9. The first-order valence-corrected chi connectivity index (χ1v) is 13.6. The maximum Gasteiger partial charge on any atom is 0.261 e. The molecule has 2 amide bonds. The normalized spacial score (nSPS) is 11.6. The van der Waals surface area contributed by atoms with Gasteiger partial charge in [0.1, 0.15) is 11.8 Å². The van der Waals surface area contributed by atoms with E-state index in [4.69, 9.17) is 27.9 Å². The van der Waals surface area contributed by atoms with Gasteiger partial charge in [-0.25, -0.2) is 0 Å². The highest BCUT2D eigenvalue weighted by Crippen LogP contribution is 2.24. The molecule has 0 aliphatic carbocycles. The highest BCUT2D eigenvalue weighted by atomic mass is 127. The van der Waals surface area contributed by atoms with Crippen LogP contribution in [0.1, 0.15) is 30.9 Å². The molecule has 3 aromatic rings. The van der Waals surface area contributed by atoms with Crippen molar-refractivity contribution in [3.05, 3.63) is 97.5 Å². The Kier molecular flexibility index (Phi) is 11.4. The van der Waals surface area contributed by atoms with Crippen LogP contribution >= 0.6 is 45.8 Å². The lowest BCUT2D eigenvalue weighted by atomic mass is 10.0. The van der Waals surface area contributed by atoms with E-state index in [-0.39, 0.29) is 25.0 Å².